The molecule has 9 rings (SSSR count). The van der Waals surface area contributed by atoms with Gasteiger partial charge in [0.25, 0.3) is 0 Å². The second-order valence-corrected chi connectivity index (χ2v) is 12.4. The molecular weight excluding hydrogens is 537 g/mol. The van der Waals surface area contributed by atoms with E-state index in [1.54, 1.807) is 0 Å². The first-order valence-corrected chi connectivity index (χ1v) is 15.6. The SMILES string of the molecule is c1ccc(-c2c3ccccc3c(-c3ccc4cc(-c5ccc6sc7ccccc7c6c5)ccc4c3)c3ccccc23)cc1. The monoisotopic (exact) mass is 562 g/mol. The van der Waals surface area contributed by atoms with Gasteiger partial charge < -0.3 is 0 Å². The third-order valence-corrected chi connectivity index (χ3v) is 9.98. The van der Waals surface area contributed by atoms with E-state index in [9.17, 15) is 0 Å². The summed E-state index contributed by atoms with van der Waals surface area (Å²) in [7, 11) is 0. The summed E-state index contributed by atoms with van der Waals surface area (Å²) in [4.78, 5) is 0. The lowest BCUT2D eigenvalue weighted by atomic mass is 9.85. The Hall–Kier alpha value is -5.24. The van der Waals surface area contributed by atoms with Crippen LogP contribution in [0, 0.1) is 0 Å². The van der Waals surface area contributed by atoms with E-state index in [1.807, 2.05) is 11.3 Å². The lowest BCUT2D eigenvalue weighted by Crippen LogP contribution is -1.90. The van der Waals surface area contributed by atoms with E-state index < -0.39 is 0 Å². The normalized spacial score (nSPS) is 11.7. The first-order valence-electron chi connectivity index (χ1n) is 14.8. The first kappa shape index (κ1) is 24.4. The van der Waals surface area contributed by atoms with Crippen LogP contribution in [0.3, 0.4) is 0 Å². The van der Waals surface area contributed by atoms with Crippen LogP contribution in [0.4, 0.5) is 0 Å². The van der Waals surface area contributed by atoms with Crippen LogP contribution in [-0.2, 0) is 0 Å². The predicted molar refractivity (Wildman–Crippen MR) is 188 cm³/mol. The largest absolute Gasteiger partial charge is 0.135 e. The van der Waals surface area contributed by atoms with Crippen molar-refractivity contribution < 1.29 is 0 Å². The zero-order valence-electron chi connectivity index (χ0n) is 23.4. The molecule has 200 valence electrons. The Kier molecular flexibility index (Phi) is 5.47. The van der Waals surface area contributed by atoms with Crippen molar-refractivity contribution in [3.05, 3.63) is 158 Å². The van der Waals surface area contributed by atoms with E-state index in [4.69, 9.17) is 0 Å². The molecule has 0 nitrogen and oxygen atoms in total. The average molecular weight is 563 g/mol. The van der Waals surface area contributed by atoms with Gasteiger partial charge in [-0.25, -0.2) is 0 Å². The second kappa shape index (κ2) is 9.66. The number of benzene rings is 8. The van der Waals surface area contributed by atoms with Crippen LogP contribution >= 0.6 is 11.3 Å². The molecule has 0 aliphatic carbocycles. The van der Waals surface area contributed by atoms with Gasteiger partial charge in [-0.3, -0.25) is 0 Å². The molecule has 0 saturated heterocycles. The minimum atomic E-state index is 1.25. The van der Waals surface area contributed by atoms with Crippen molar-refractivity contribution in [2.24, 2.45) is 0 Å². The highest BCUT2D eigenvalue weighted by Gasteiger charge is 2.16. The maximum absolute atomic E-state index is 2.37. The van der Waals surface area contributed by atoms with Crippen molar-refractivity contribution >= 4 is 63.8 Å². The maximum Gasteiger partial charge on any atom is 0.0355 e. The Bertz CT molecular complexity index is 2440. The lowest BCUT2D eigenvalue weighted by molar-refractivity contribution is 1.66. The fourth-order valence-corrected chi connectivity index (χ4v) is 7.93. The molecule has 1 heterocycles. The molecule has 0 fully saturated rings. The molecule has 1 heteroatoms. The number of hydrogen-bond acceptors (Lipinski definition) is 1. The number of thiophene rings is 1. The Morgan fingerprint density at radius 2 is 0.744 bits per heavy atom. The Morgan fingerprint density at radius 1 is 0.279 bits per heavy atom. The molecule has 0 aliphatic rings. The van der Waals surface area contributed by atoms with E-state index in [0.717, 1.165) is 0 Å². The summed E-state index contributed by atoms with van der Waals surface area (Å²) >= 11 is 1.87. The Balaban J connectivity index is 1.21. The van der Waals surface area contributed by atoms with Crippen molar-refractivity contribution in [2.45, 2.75) is 0 Å². The van der Waals surface area contributed by atoms with E-state index in [2.05, 4.69) is 158 Å². The molecule has 0 N–H and O–H groups in total. The fourth-order valence-electron chi connectivity index (χ4n) is 6.84. The van der Waals surface area contributed by atoms with Gasteiger partial charge >= 0.3 is 0 Å². The van der Waals surface area contributed by atoms with Gasteiger partial charge in [-0.15, -0.1) is 11.3 Å². The molecule has 0 saturated carbocycles. The molecule has 0 unspecified atom stereocenters. The highest BCUT2D eigenvalue weighted by Crippen LogP contribution is 2.44. The average Bonchev–Trinajstić information content (AvgIpc) is 3.45. The zero-order valence-corrected chi connectivity index (χ0v) is 24.2. The Morgan fingerprint density at radius 3 is 1.42 bits per heavy atom. The van der Waals surface area contributed by atoms with Crippen LogP contribution in [0.2, 0.25) is 0 Å². The molecule has 0 amide bonds. The van der Waals surface area contributed by atoms with E-state index in [1.165, 1.54) is 85.9 Å². The molecule has 0 bridgehead atoms. The summed E-state index contributed by atoms with van der Waals surface area (Å²) in [6.45, 7) is 0. The van der Waals surface area contributed by atoms with Crippen molar-refractivity contribution in [2.75, 3.05) is 0 Å². The van der Waals surface area contributed by atoms with E-state index in [-0.39, 0.29) is 0 Å². The molecule has 1 aromatic heterocycles. The molecule has 9 aromatic rings. The maximum atomic E-state index is 2.37. The number of hydrogen-bond donors (Lipinski definition) is 0. The second-order valence-electron chi connectivity index (χ2n) is 11.3. The highest BCUT2D eigenvalue weighted by atomic mass is 32.1. The van der Waals surface area contributed by atoms with Gasteiger partial charge in [-0.2, -0.15) is 0 Å². The van der Waals surface area contributed by atoms with Gasteiger partial charge in [0, 0.05) is 20.2 Å². The topological polar surface area (TPSA) is 0 Å². The lowest BCUT2D eigenvalue weighted by Gasteiger charge is -2.18. The summed E-state index contributed by atoms with van der Waals surface area (Å²) in [5.41, 5.74) is 7.61. The van der Waals surface area contributed by atoms with Crippen LogP contribution in [0.25, 0.3) is 85.9 Å². The van der Waals surface area contributed by atoms with Gasteiger partial charge in [0.15, 0.2) is 0 Å². The quantitative estimate of drug-likeness (QED) is 0.188. The van der Waals surface area contributed by atoms with E-state index in [0.29, 0.717) is 0 Å². The zero-order chi connectivity index (χ0) is 28.3. The molecule has 0 atom stereocenters. The van der Waals surface area contributed by atoms with Gasteiger partial charge in [-0.1, -0.05) is 127 Å². The highest BCUT2D eigenvalue weighted by molar-refractivity contribution is 7.25. The molecule has 8 aromatic carbocycles. The summed E-state index contributed by atoms with van der Waals surface area (Å²) in [6.07, 6.45) is 0. The summed E-state index contributed by atoms with van der Waals surface area (Å²) < 4.78 is 2.69. The van der Waals surface area contributed by atoms with Crippen molar-refractivity contribution in [3.8, 4) is 33.4 Å². The molecular formula is C42H26S. The van der Waals surface area contributed by atoms with E-state index >= 15 is 0 Å². The van der Waals surface area contributed by atoms with Crippen LogP contribution in [0.5, 0.6) is 0 Å². The summed E-state index contributed by atoms with van der Waals surface area (Å²) in [6, 6.07) is 58.0. The third-order valence-electron chi connectivity index (χ3n) is 8.83. The minimum Gasteiger partial charge on any atom is -0.135 e. The molecule has 0 spiro atoms. The smallest absolute Gasteiger partial charge is 0.0355 e. The molecule has 0 aliphatic heterocycles. The van der Waals surface area contributed by atoms with Gasteiger partial charge in [-0.05, 0) is 96.0 Å². The standard InChI is InChI=1S/C42H26S/c1-2-10-27(11-3-1)41-34-13-4-6-15-36(34)42(37-16-7-5-14-35(37)41)32-21-20-28-24-29(18-19-30(28)25-32)31-22-23-40-38(26-31)33-12-8-9-17-39(33)43-40/h1-26H. The van der Waals surface area contributed by atoms with Gasteiger partial charge in [0.1, 0.15) is 0 Å². The third kappa shape index (κ3) is 3.90. The van der Waals surface area contributed by atoms with Crippen LogP contribution in [0.15, 0.2) is 158 Å². The fraction of sp³-hybridized carbons (Fsp3) is 0. The number of rotatable bonds is 3. The number of fused-ring (bicyclic) bond motifs is 6. The molecule has 43 heavy (non-hydrogen) atoms. The summed E-state index contributed by atoms with van der Waals surface area (Å²) in [5, 5.41) is 10.3. The van der Waals surface area contributed by atoms with Gasteiger partial charge in [0.2, 0.25) is 0 Å². The summed E-state index contributed by atoms with van der Waals surface area (Å²) in [5.74, 6) is 0. The van der Waals surface area contributed by atoms with Crippen molar-refractivity contribution in [1.82, 2.24) is 0 Å². The van der Waals surface area contributed by atoms with Crippen LogP contribution < -0.4 is 0 Å². The van der Waals surface area contributed by atoms with Crippen LogP contribution in [-0.4, -0.2) is 0 Å². The minimum absolute atomic E-state index is 1.25. The first-order chi connectivity index (χ1) is 21.3. The van der Waals surface area contributed by atoms with Crippen molar-refractivity contribution in [1.29, 1.82) is 0 Å². The molecule has 0 radical (unpaired) electrons. The van der Waals surface area contributed by atoms with Crippen molar-refractivity contribution in [3.63, 3.8) is 0 Å². The Labute approximate surface area is 254 Å². The van der Waals surface area contributed by atoms with Crippen LogP contribution in [0.1, 0.15) is 0 Å². The van der Waals surface area contributed by atoms with Gasteiger partial charge in [0.05, 0.1) is 0 Å². The predicted octanol–water partition coefficient (Wildman–Crippen LogP) is 12.5.